The molecule has 0 spiro atoms. The summed E-state index contributed by atoms with van der Waals surface area (Å²) in [6.07, 6.45) is 2.70. The summed E-state index contributed by atoms with van der Waals surface area (Å²) in [4.78, 5) is 18.9. The molecular formula is C19H20ClFN2O4. The summed E-state index contributed by atoms with van der Waals surface area (Å²) in [6.45, 7) is 2.51. The first-order chi connectivity index (χ1) is 13.1. The predicted molar refractivity (Wildman–Crippen MR) is 95.3 cm³/mol. The van der Waals surface area contributed by atoms with Gasteiger partial charge in [0, 0.05) is 36.3 Å². The van der Waals surface area contributed by atoms with Crippen molar-refractivity contribution < 1.29 is 23.1 Å². The predicted octanol–water partition coefficient (Wildman–Crippen LogP) is 3.57. The van der Waals surface area contributed by atoms with Crippen molar-refractivity contribution in [2.45, 2.75) is 24.9 Å². The number of ether oxygens (including phenoxy) is 2. The number of oxazole rings is 1. The van der Waals surface area contributed by atoms with Crippen LogP contribution in [0, 0.1) is 5.82 Å². The van der Waals surface area contributed by atoms with Gasteiger partial charge in [-0.2, -0.15) is 0 Å². The Morgan fingerprint density at radius 1 is 1.26 bits per heavy atom. The van der Waals surface area contributed by atoms with Gasteiger partial charge in [-0.3, -0.25) is 4.79 Å². The van der Waals surface area contributed by atoms with E-state index >= 15 is 0 Å². The van der Waals surface area contributed by atoms with Crippen LogP contribution in [0.25, 0.3) is 0 Å². The fraction of sp³-hybridized carbons (Fsp3) is 0.474. The highest BCUT2D eigenvalue weighted by molar-refractivity contribution is 6.31. The van der Waals surface area contributed by atoms with Crippen LogP contribution in [0.4, 0.5) is 4.39 Å². The molecule has 4 rings (SSSR count). The minimum absolute atomic E-state index is 0.191. The first kappa shape index (κ1) is 18.4. The molecule has 3 heterocycles. The average molecular weight is 395 g/mol. The van der Waals surface area contributed by atoms with Crippen molar-refractivity contribution in [2.24, 2.45) is 0 Å². The van der Waals surface area contributed by atoms with Gasteiger partial charge in [-0.15, -0.1) is 0 Å². The lowest BCUT2D eigenvalue weighted by Crippen LogP contribution is -2.42. The van der Waals surface area contributed by atoms with Gasteiger partial charge >= 0.3 is 0 Å². The number of halogens is 2. The van der Waals surface area contributed by atoms with Gasteiger partial charge in [-0.25, -0.2) is 9.37 Å². The molecule has 1 atom stereocenters. The highest BCUT2D eigenvalue weighted by Gasteiger charge is 2.30. The Morgan fingerprint density at radius 2 is 2.07 bits per heavy atom. The van der Waals surface area contributed by atoms with E-state index in [4.69, 9.17) is 25.5 Å². The maximum Gasteiger partial charge on any atom is 0.275 e. The molecule has 2 fully saturated rings. The van der Waals surface area contributed by atoms with Gasteiger partial charge in [0.15, 0.2) is 11.6 Å². The molecule has 8 heteroatoms. The molecular weight excluding hydrogens is 375 g/mol. The zero-order valence-electron chi connectivity index (χ0n) is 14.7. The van der Waals surface area contributed by atoms with Crippen molar-refractivity contribution in [1.29, 1.82) is 0 Å². The summed E-state index contributed by atoms with van der Waals surface area (Å²) >= 11 is 6.14. The molecule has 144 valence electrons. The lowest BCUT2D eigenvalue weighted by molar-refractivity contribution is -0.0230. The van der Waals surface area contributed by atoms with Crippen molar-refractivity contribution in [3.05, 3.63) is 52.5 Å². The standard InChI is InChI=1S/C19H20ClFN2O4/c20-15-9-13(21)1-2-14(15)17-10-23(5-8-26-17)19(24)16-11-27-18(22-16)12-3-6-25-7-4-12/h1-2,9,11-12,17H,3-8,10H2. The van der Waals surface area contributed by atoms with E-state index < -0.39 is 11.9 Å². The Labute approximate surface area is 161 Å². The highest BCUT2D eigenvalue weighted by Crippen LogP contribution is 2.30. The quantitative estimate of drug-likeness (QED) is 0.796. The van der Waals surface area contributed by atoms with Crippen molar-refractivity contribution in [3.8, 4) is 0 Å². The third-order valence-corrected chi connectivity index (χ3v) is 5.30. The average Bonchev–Trinajstić information content (AvgIpc) is 3.18. The van der Waals surface area contributed by atoms with Crippen LogP contribution in [0.5, 0.6) is 0 Å². The summed E-state index contributed by atoms with van der Waals surface area (Å²) in [5, 5.41) is 0.289. The minimum atomic E-state index is -0.407. The monoisotopic (exact) mass is 394 g/mol. The number of aromatic nitrogens is 1. The van der Waals surface area contributed by atoms with E-state index in [-0.39, 0.29) is 16.8 Å². The van der Waals surface area contributed by atoms with Crippen LogP contribution >= 0.6 is 11.6 Å². The summed E-state index contributed by atoms with van der Waals surface area (Å²) in [5.41, 5.74) is 0.959. The fourth-order valence-electron chi connectivity index (χ4n) is 3.46. The van der Waals surface area contributed by atoms with E-state index in [2.05, 4.69) is 4.98 Å². The highest BCUT2D eigenvalue weighted by atomic mass is 35.5. The Hall–Kier alpha value is -1.96. The van der Waals surface area contributed by atoms with Crippen LogP contribution in [0.15, 0.2) is 28.9 Å². The molecule has 0 saturated carbocycles. The third-order valence-electron chi connectivity index (χ3n) is 4.97. The number of carbonyl (C=O) groups excluding carboxylic acids is 1. The van der Waals surface area contributed by atoms with Crippen LogP contribution in [0.1, 0.15) is 46.8 Å². The maximum atomic E-state index is 13.3. The van der Waals surface area contributed by atoms with Crippen LogP contribution in [-0.4, -0.2) is 48.7 Å². The van der Waals surface area contributed by atoms with Gasteiger partial charge in [-0.05, 0) is 25.0 Å². The van der Waals surface area contributed by atoms with Gasteiger partial charge in [0.1, 0.15) is 18.2 Å². The Balaban J connectivity index is 1.46. The molecule has 27 heavy (non-hydrogen) atoms. The van der Waals surface area contributed by atoms with Crippen LogP contribution in [-0.2, 0) is 9.47 Å². The van der Waals surface area contributed by atoms with Crippen molar-refractivity contribution in [1.82, 2.24) is 9.88 Å². The molecule has 0 N–H and O–H groups in total. The normalized spacial score (nSPS) is 21.4. The second-order valence-electron chi connectivity index (χ2n) is 6.73. The molecule has 2 aromatic rings. The number of hydrogen-bond donors (Lipinski definition) is 0. The summed E-state index contributed by atoms with van der Waals surface area (Å²) in [5.74, 6) is 0.170. The zero-order valence-corrected chi connectivity index (χ0v) is 15.5. The number of amides is 1. The molecule has 1 unspecified atom stereocenters. The van der Waals surface area contributed by atoms with E-state index in [0.29, 0.717) is 50.1 Å². The number of morpholine rings is 1. The Bertz CT molecular complexity index is 822. The minimum Gasteiger partial charge on any atom is -0.448 e. The van der Waals surface area contributed by atoms with E-state index in [0.717, 1.165) is 12.8 Å². The van der Waals surface area contributed by atoms with Gasteiger partial charge in [0.2, 0.25) is 0 Å². The van der Waals surface area contributed by atoms with Gasteiger partial charge in [0.05, 0.1) is 13.2 Å². The molecule has 2 aliphatic heterocycles. The van der Waals surface area contributed by atoms with Crippen molar-refractivity contribution in [2.75, 3.05) is 32.9 Å². The number of hydrogen-bond acceptors (Lipinski definition) is 5. The van der Waals surface area contributed by atoms with Crippen LogP contribution in [0.3, 0.4) is 0 Å². The molecule has 6 nitrogen and oxygen atoms in total. The van der Waals surface area contributed by atoms with Crippen LogP contribution < -0.4 is 0 Å². The third kappa shape index (κ3) is 4.00. The second-order valence-corrected chi connectivity index (χ2v) is 7.14. The summed E-state index contributed by atoms with van der Waals surface area (Å²) in [7, 11) is 0. The zero-order chi connectivity index (χ0) is 18.8. The van der Waals surface area contributed by atoms with Gasteiger partial charge in [-0.1, -0.05) is 17.7 Å². The van der Waals surface area contributed by atoms with Crippen molar-refractivity contribution >= 4 is 17.5 Å². The Morgan fingerprint density at radius 3 is 2.85 bits per heavy atom. The number of nitrogens with zero attached hydrogens (tertiary/aromatic N) is 2. The van der Waals surface area contributed by atoms with Crippen LogP contribution in [0.2, 0.25) is 5.02 Å². The number of rotatable bonds is 3. The van der Waals surface area contributed by atoms with Gasteiger partial charge < -0.3 is 18.8 Å². The number of carbonyl (C=O) groups is 1. The molecule has 1 aromatic heterocycles. The molecule has 1 aromatic carbocycles. The molecule has 2 aliphatic rings. The largest absolute Gasteiger partial charge is 0.448 e. The molecule has 0 aliphatic carbocycles. The van der Waals surface area contributed by atoms with E-state index in [9.17, 15) is 9.18 Å². The molecule has 2 saturated heterocycles. The van der Waals surface area contributed by atoms with Gasteiger partial charge in [0.25, 0.3) is 5.91 Å². The number of benzene rings is 1. The van der Waals surface area contributed by atoms with Crippen molar-refractivity contribution in [3.63, 3.8) is 0 Å². The maximum absolute atomic E-state index is 13.3. The van der Waals surface area contributed by atoms with E-state index in [1.165, 1.54) is 18.4 Å². The SMILES string of the molecule is O=C(c1coc(C2CCOCC2)n1)N1CCOC(c2ccc(F)cc2Cl)C1. The fourth-order valence-corrected chi connectivity index (χ4v) is 3.75. The first-order valence-corrected chi connectivity index (χ1v) is 9.38. The summed E-state index contributed by atoms with van der Waals surface area (Å²) in [6, 6.07) is 4.18. The summed E-state index contributed by atoms with van der Waals surface area (Å²) < 4.78 is 29.9. The van der Waals surface area contributed by atoms with E-state index in [1.54, 1.807) is 11.0 Å². The first-order valence-electron chi connectivity index (χ1n) is 9.01. The molecule has 0 bridgehead atoms. The van der Waals surface area contributed by atoms with E-state index in [1.807, 2.05) is 0 Å². The lowest BCUT2D eigenvalue weighted by Gasteiger charge is -2.33. The second kappa shape index (κ2) is 7.96. The molecule has 1 amide bonds. The smallest absolute Gasteiger partial charge is 0.275 e. The topological polar surface area (TPSA) is 64.8 Å². The Kier molecular flexibility index (Phi) is 5.43. The lowest BCUT2D eigenvalue weighted by atomic mass is 10.0. The molecule has 0 radical (unpaired) electrons.